The van der Waals surface area contributed by atoms with Crippen LogP contribution in [-0.2, 0) is 14.4 Å². The van der Waals surface area contributed by atoms with E-state index in [2.05, 4.69) is 6.07 Å². The molecular formula is C12H20N2O3. The molecule has 0 radical (unpaired) electrons. The Kier molecular flexibility index (Phi) is 3.25. The zero-order chi connectivity index (χ0) is 13.5. The molecule has 96 valence electrons. The molecule has 0 saturated carbocycles. The maximum Gasteiger partial charge on any atom is 0.328 e. The molecule has 1 saturated heterocycles. The number of cyclic esters (lactones) is 1. The third kappa shape index (κ3) is 2.59. The van der Waals surface area contributed by atoms with Crippen LogP contribution in [0.5, 0.6) is 0 Å². The van der Waals surface area contributed by atoms with Crippen molar-refractivity contribution >= 4 is 5.97 Å². The van der Waals surface area contributed by atoms with Gasteiger partial charge < -0.3 is 4.74 Å². The second kappa shape index (κ2) is 3.97. The first-order valence-electron chi connectivity index (χ1n) is 5.61. The number of hydroxylamine groups is 2. The maximum atomic E-state index is 11.8. The summed E-state index contributed by atoms with van der Waals surface area (Å²) in [7, 11) is 0. The second-order valence-corrected chi connectivity index (χ2v) is 5.96. The smallest absolute Gasteiger partial charge is 0.328 e. The van der Waals surface area contributed by atoms with E-state index in [1.807, 2.05) is 13.8 Å². The average Bonchev–Trinajstić information content (AvgIpc) is 2.20. The molecule has 0 N–H and O–H groups in total. The Labute approximate surface area is 102 Å². The van der Waals surface area contributed by atoms with Gasteiger partial charge in [-0.15, -0.1) is 0 Å². The number of ether oxygens (including phenoxy) is 1. The normalized spacial score (nSPS) is 23.9. The van der Waals surface area contributed by atoms with Gasteiger partial charge in [-0.2, -0.15) is 10.3 Å². The lowest BCUT2D eigenvalue weighted by molar-refractivity contribution is -0.322. The van der Waals surface area contributed by atoms with Gasteiger partial charge in [-0.05, 0) is 41.5 Å². The van der Waals surface area contributed by atoms with Gasteiger partial charge in [0.1, 0.15) is 12.1 Å². The predicted molar refractivity (Wildman–Crippen MR) is 61.7 cm³/mol. The van der Waals surface area contributed by atoms with E-state index in [0.29, 0.717) is 0 Å². The zero-order valence-corrected chi connectivity index (χ0v) is 11.3. The standard InChI is InChI=1S/C12H20N2O3/c1-10(2)8-16-9(15)12(5,6)14(10)17-11(3,4)7-13/h8H2,1-6H3. The van der Waals surface area contributed by atoms with E-state index in [4.69, 9.17) is 14.8 Å². The summed E-state index contributed by atoms with van der Waals surface area (Å²) in [5.74, 6) is -0.342. The number of morpholine rings is 1. The minimum atomic E-state index is -0.980. The van der Waals surface area contributed by atoms with Crippen molar-refractivity contribution in [2.45, 2.75) is 58.2 Å². The number of hydrogen-bond acceptors (Lipinski definition) is 5. The van der Waals surface area contributed by atoms with Crippen LogP contribution in [0.1, 0.15) is 41.5 Å². The highest BCUT2D eigenvalue weighted by Crippen LogP contribution is 2.34. The number of nitrogens with zero attached hydrogens (tertiary/aromatic N) is 2. The number of hydrogen-bond donors (Lipinski definition) is 0. The van der Waals surface area contributed by atoms with Crippen LogP contribution in [0.25, 0.3) is 0 Å². The molecule has 0 aromatic rings. The molecule has 1 fully saturated rings. The van der Waals surface area contributed by atoms with Gasteiger partial charge in [0.15, 0.2) is 5.60 Å². The molecular weight excluding hydrogens is 220 g/mol. The van der Waals surface area contributed by atoms with Gasteiger partial charge in [0.2, 0.25) is 0 Å². The molecule has 1 aliphatic rings. The Morgan fingerprint density at radius 3 is 2.41 bits per heavy atom. The quantitative estimate of drug-likeness (QED) is 0.686. The van der Waals surface area contributed by atoms with Crippen molar-refractivity contribution in [3.05, 3.63) is 0 Å². The third-order valence-electron chi connectivity index (χ3n) is 2.70. The molecule has 17 heavy (non-hydrogen) atoms. The van der Waals surface area contributed by atoms with Crippen LogP contribution in [0, 0.1) is 11.3 Å². The molecule has 0 spiro atoms. The molecule has 0 bridgehead atoms. The lowest BCUT2D eigenvalue weighted by atomic mass is 9.94. The summed E-state index contributed by atoms with van der Waals surface area (Å²) in [4.78, 5) is 17.5. The van der Waals surface area contributed by atoms with Crippen molar-refractivity contribution in [3.8, 4) is 6.07 Å². The Hall–Kier alpha value is -1.12. The van der Waals surface area contributed by atoms with E-state index in [-0.39, 0.29) is 12.6 Å². The number of carbonyl (C=O) groups excluding carboxylic acids is 1. The van der Waals surface area contributed by atoms with Gasteiger partial charge >= 0.3 is 5.97 Å². The monoisotopic (exact) mass is 240 g/mol. The lowest BCUT2D eigenvalue weighted by Crippen LogP contribution is -2.67. The molecule has 0 aromatic heterocycles. The molecule has 0 atom stereocenters. The van der Waals surface area contributed by atoms with Crippen LogP contribution in [0.15, 0.2) is 0 Å². The molecule has 0 aliphatic carbocycles. The summed E-state index contributed by atoms with van der Waals surface area (Å²) in [5.41, 5.74) is -2.35. The molecule has 0 aromatic carbocycles. The summed E-state index contributed by atoms with van der Waals surface area (Å²) in [6.45, 7) is 10.9. The fraction of sp³-hybridized carbons (Fsp3) is 0.833. The van der Waals surface area contributed by atoms with Gasteiger partial charge in [-0.1, -0.05) is 0 Å². The summed E-state index contributed by atoms with van der Waals surface area (Å²) in [6.07, 6.45) is 0. The molecule has 1 aliphatic heterocycles. The van der Waals surface area contributed by atoms with Crippen molar-refractivity contribution in [2.24, 2.45) is 0 Å². The van der Waals surface area contributed by atoms with Crippen LogP contribution < -0.4 is 0 Å². The minimum absolute atomic E-state index is 0.247. The summed E-state index contributed by atoms with van der Waals surface area (Å²) in [5, 5.41) is 10.6. The number of esters is 1. The van der Waals surface area contributed by atoms with Crippen LogP contribution in [0.2, 0.25) is 0 Å². The molecule has 0 unspecified atom stereocenters. The van der Waals surface area contributed by atoms with E-state index in [1.54, 1.807) is 32.8 Å². The third-order valence-corrected chi connectivity index (χ3v) is 2.70. The number of nitriles is 1. The van der Waals surface area contributed by atoms with Crippen molar-refractivity contribution in [1.82, 2.24) is 5.06 Å². The second-order valence-electron chi connectivity index (χ2n) is 5.96. The van der Waals surface area contributed by atoms with Crippen molar-refractivity contribution in [2.75, 3.05) is 6.61 Å². The highest BCUT2D eigenvalue weighted by molar-refractivity contribution is 5.80. The Balaban J connectivity index is 3.06. The van der Waals surface area contributed by atoms with Gasteiger partial charge in [0.05, 0.1) is 11.6 Å². The van der Waals surface area contributed by atoms with Crippen molar-refractivity contribution in [1.29, 1.82) is 5.26 Å². The minimum Gasteiger partial charge on any atom is -0.462 e. The maximum absolute atomic E-state index is 11.8. The Morgan fingerprint density at radius 2 is 1.94 bits per heavy atom. The van der Waals surface area contributed by atoms with E-state index in [9.17, 15) is 4.79 Å². The highest BCUT2D eigenvalue weighted by atomic mass is 16.7. The van der Waals surface area contributed by atoms with Crippen LogP contribution >= 0.6 is 0 Å². The van der Waals surface area contributed by atoms with E-state index in [0.717, 1.165) is 0 Å². The number of rotatable bonds is 2. The largest absolute Gasteiger partial charge is 0.462 e. The zero-order valence-electron chi connectivity index (χ0n) is 11.3. The van der Waals surface area contributed by atoms with Gasteiger partial charge in [0.25, 0.3) is 0 Å². The molecule has 1 heterocycles. The molecule has 5 heteroatoms. The van der Waals surface area contributed by atoms with Gasteiger partial charge in [-0.3, -0.25) is 4.84 Å². The molecule has 0 amide bonds. The topological polar surface area (TPSA) is 62.6 Å². The van der Waals surface area contributed by atoms with Crippen molar-refractivity contribution < 1.29 is 14.4 Å². The first-order chi connectivity index (χ1) is 7.53. The van der Waals surface area contributed by atoms with E-state index in [1.165, 1.54) is 0 Å². The fourth-order valence-corrected chi connectivity index (χ4v) is 1.80. The average molecular weight is 240 g/mol. The highest BCUT2D eigenvalue weighted by Gasteiger charge is 2.51. The van der Waals surface area contributed by atoms with E-state index < -0.39 is 16.7 Å². The van der Waals surface area contributed by atoms with Crippen LogP contribution in [0.4, 0.5) is 0 Å². The predicted octanol–water partition coefficient (Wildman–Crippen LogP) is 1.64. The lowest BCUT2D eigenvalue weighted by Gasteiger charge is -2.50. The van der Waals surface area contributed by atoms with Gasteiger partial charge in [0, 0.05) is 0 Å². The van der Waals surface area contributed by atoms with Gasteiger partial charge in [-0.25, -0.2) is 4.79 Å². The first kappa shape index (κ1) is 13.9. The summed E-state index contributed by atoms with van der Waals surface area (Å²) < 4.78 is 5.14. The Bertz CT molecular complexity index is 366. The molecule has 1 rings (SSSR count). The van der Waals surface area contributed by atoms with E-state index >= 15 is 0 Å². The van der Waals surface area contributed by atoms with Crippen LogP contribution in [0.3, 0.4) is 0 Å². The fourth-order valence-electron chi connectivity index (χ4n) is 1.80. The van der Waals surface area contributed by atoms with Crippen LogP contribution in [-0.4, -0.2) is 34.3 Å². The Morgan fingerprint density at radius 1 is 1.41 bits per heavy atom. The number of carbonyl (C=O) groups is 1. The summed E-state index contributed by atoms with van der Waals surface area (Å²) in [6, 6.07) is 2.06. The SMILES string of the molecule is CC(C)(C#N)ON1C(C)(C)COC(=O)C1(C)C. The van der Waals surface area contributed by atoms with Crippen molar-refractivity contribution in [3.63, 3.8) is 0 Å². The first-order valence-corrected chi connectivity index (χ1v) is 5.61. The summed E-state index contributed by atoms with van der Waals surface area (Å²) >= 11 is 0. The molecule has 5 nitrogen and oxygen atoms in total.